The number of thioether (sulfide) groups is 2. The fraction of sp³-hybridized carbons (Fsp3) is 0.346. The average molecular weight is 594 g/mol. The molecule has 0 unspecified atom stereocenters. The molecule has 0 spiro atoms. The molecular formula is C26H32ClN5O5S2. The molecule has 0 aliphatic rings. The lowest BCUT2D eigenvalue weighted by Gasteiger charge is -2.12. The van der Waals surface area contributed by atoms with Crippen LogP contribution in [0.25, 0.3) is 0 Å². The van der Waals surface area contributed by atoms with E-state index in [-0.39, 0.29) is 10.7 Å². The highest BCUT2D eigenvalue weighted by Gasteiger charge is 2.16. The van der Waals surface area contributed by atoms with Crippen LogP contribution in [-0.4, -0.2) is 64.4 Å². The van der Waals surface area contributed by atoms with Crippen molar-refractivity contribution in [1.29, 1.82) is 0 Å². The van der Waals surface area contributed by atoms with Gasteiger partial charge in [0, 0.05) is 18.9 Å². The zero-order chi connectivity index (χ0) is 29.4. The van der Waals surface area contributed by atoms with E-state index in [0.717, 1.165) is 5.56 Å². The molecule has 0 amide bonds. The molecule has 1 N–H and O–H groups in total. The maximum atomic E-state index is 12.0. The first-order chi connectivity index (χ1) is 18.7. The lowest BCUT2D eigenvalue weighted by atomic mass is 10.1. The molecule has 0 atom stereocenters. The normalized spacial score (nSPS) is 9.82. The van der Waals surface area contributed by atoms with Crippen LogP contribution in [0.1, 0.15) is 51.3 Å². The molecule has 13 heteroatoms. The molecule has 2 heterocycles. The van der Waals surface area contributed by atoms with Crippen molar-refractivity contribution in [2.24, 2.45) is 0 Å². The molecule has 3 aromatic rings. The highest BCUT2D eigenvalue weighted by atomic mass is 35.5. The van der Waals surface area contributed by atoms with E-state index < -0.39 is 11.9 Å². The molecule has 0 saturated heterocycles. The Kier molecular flexibility index (Phi) is 15.7. The molecule has 0 saturated carbocycles. The van der Waals surface area contributed by atoms with Gasteiger partial charge in [0.2, 0.25) is 0 Å². The van der Waals surface area contributed by atoms with Crippen molar-refractivity contribution < 1.29 is 23.9 Å². The van der Waals surface area contributed by atoms with Gasteiger partial charge in [-0.15, -0.1) is 0 Å². The van der Waals surface area contributed by atoms with E-state index in [1.807, 2.05) is 19.3 Å². The topological polar surface area (TPSA) is 133 Å². The molecule has 10 nitrogen and oxygen atoms in total. The number of nitrogens with one attached hydrogen (secondary N) is 1. The number of hydrogen-bond acceptors (Lipinski definition) is 12. The SMILES string of the molecule is C=O.CCOC(=O)c1cnc(SC)nc1Cl.CCOC(=O)c1cnc(SC)nc1NCc1ccc(C)c(C)c1. The summed E-state index contributed by atoms with van der Waals surface area (Å²) in [5, 5.41) is 4.49. The molecule has 1 aromatic carbocycles. The summed E-state index contributed by atoms with van der Waals surface area (Å²) < 4.78 is 9.84. The monoisotopic (exact) mass is 593 g/mol. The fourth-order valence-electron chi connectivity index (χ4n) is 2.85. The third-order valence-corrected chi connectivity index (χ3v) is 6.29. The van der Waals surface area contributed by atoms with Crippen LogP contribution in [0.3, 0.4) is 0 Å². The Morgan fingerprint density at radius 1 is 0.897 bits per heavy atom. The summed E-state index contributed by atoms with van der Waals surface area (Å²) >= 11 is 8.56. The van der Waals surface area contributed by atoms with Crippen LogP contribution < -0.4 is 5.32 Å². The Morgan fingerprint density at radius 2 is 1.44 bits per heavy atom. The summed E-state index contributed by atoms with van der Waals surface area (Å²) in [6, 6.07) is 6.28. The molecule has 3 rings (SSSR count). The highest BCUT2D eigenvalue weighted by Crippen LogP contribution is 2.20. The first-order valence-corrected chi connectivity index (χ1v) is 14.5. The zero-order valence-electron chi connectivity index (χ0n) is 22.7. The van der Waals surface area contributed by atoms with Crippen molar-refractivity contribution in [2.75, 3.05) is 31.0 Å². The molecule has 0 aliphatic heterocycles. The van der Waals surface area contributed by atoms with Crippen LogP contribution in [0.5, 0.6) is 0 Å². The van der Waals surface area contributed by atoms with Crippen LogP contribution in [-0.2, 0) is 20.8 Å². The van der Waals surface area contributed by atoms with Crippen molar-refractivity contribution in [1.82, 2.24) is 19.9 Å². The van der Waals surface area contributed by atoms with Crippen LogP contribution in [0.2, 0.25) is 5.15 Å². The fourth-order valence-corrected chi connectivity index (χ4v) is 3.78. The lowest BCUT2D eigenvalue weighted by molar-refractivity contribution is -0.0980. The van der Waals surface area contributed by atoms with Crippen LogP contribution in [0.4, 0.5) is 5.82 Å². The van der Waals surface area contributed by atoms with Crippen LogP contribution in [0, 0.1) is 13.8 Å². The highest BCUT2D eigenvalue weighted by molar-refractivity contribution is 7.98. The number of benzene rings is 1. The van der Waals surface area contributed by atoms with E-state index in [1.165, 1.54) is 47.0 Å². The Labute approximate surface area is 242 Å². The summed E-state index contributed by atoms with van der Waals surface area (Å²) in [6.07, 6.45) is 6.61. The summed E-state index contributed by atoms with van der Waals surface area (Å²) in [7, 11) is 0. The second kappa shape index (κ2) is 18.1. The van der Waals surface area contributed by atoms with E-state index in [0.29, 0.717) is 41.5 Å². The van der Waals surface area contributed by atoms with Gasteiger partial charge in [-0.1, -0.05) is 53.3 Å². The van der Waals surface area contributed by atoms with E-state index in [2.05, 4.69) is 57.3 Å². The van der Waals surface area contributed by atoms with Crippen LogP contribution >= 0.6 is 35.1 Å². The molecule has 0 aliphatic carbocycles. The minimum atomic E-state index is -0.495. The average Bonchev–Trinajstić information content (AvgIpc) is 2.95. The second-order valence-electron chi connectivity index (χ2n) is 7.39. The number of esters is 2. The van der Waals surface area contributed by atoms with Crippen molar-refractivity contribution in [3.63, 3.8) is 0 Å². The van der Waals surface area contributed by atoms with E-state index in [4.69, 9.17) is 25.9 Å². The molecule has 0 fully saturated rings. The van der Waals surface area contributed by atoms with Gasteiger partial charge in [0.25, 0.3) is 0 Å². The Hall–Kier alpha value is -3.22. The number of anilines is 1. The Bertz CT molecular complexity index is 1250. The number of carbonyl (C=O) groups is 3. The predicted octanol–water partition coefficient (Wildman–Crippen LogP) is 5.45. The van der Waals surface area contributed by atoms with Crippen LogP contribution in [0.15, 0.2) is 40.9 Å². The number of aryl methyl sites for hydroxylation is 2. The van der Waals surface area contributed by atoms with E-state index in [9.17, 15) is 9.59 Å². The Balaban J connectivity index is 0.000000407. The summed E-state index contributed by atoms with van der Waals surface area (Å²) in [5.41, 5.74) is 4.18. The van der Waals surface area contributed by atoms with Gasteiger partial charge in [0.15, 0.2) is 10.3 Å². The smallest absolute Gasteiger partial charge is 0.343 e. The number of rotatable bonds is 9. The largest absolute Gasteiger partial charge is 0.462 e. The number of carbonyl (C=O) groups excluding carboxylic acids is 3. The molecular weight excluding hydrogens is 562 g/mol. The summed E-state index contributed by atoms with van der Waals surface area (Å²) in [4.78, 5) is 47.7. The quantitative estimate of drug-likeness (QED) is 0.146. The van der Waals surface area contributed by atoms with Crippen molar-refractivity contribution in [3.8, 4) is 0 Å². The molecule has 210 valence electrons. The minimum absolute atomic E-state index is 0.128. The standard InChI is InChI=1S/C17H21N3O2S.C8H9ClN2O2S.CH2O/c1-5-22-16(21)14-10-19-17(23-4)20-15(14)18-9-13-7-6-11(2)12(3)8-13;1-3-13-7(12)5-4-10-8(14-2)11-6(5)9;1-2/h6-8,10H,5,9H2,1-4H3,(H,18,19,20);4H,3H2,1-2H3;1H2. The van der Waals surface area contributed by atoms with Gasteiger partial charge in [-0.2, -0.15) is 0 Å². The molecule has 2 aromatic heterocycles. The number of halogens is 1. The first-order valence-electron chi connectivity index (χ1n) is 11.6. The third kappa shape index (κ3) is 10.8. The number of hydrogen-bond donors (Lipinski definition) is 1. The summed E-state index contributed by atoms with van der Waals surface area (Å²) in [6.45, 7) is 10.9. The maximum Gasteiger partial charge on any atom is 0.343 e. The van der Waals surface area contributed by atoms with Gasteiger partial charge >= 0.3 is 11.9 Å². The second-order valence-corrected chi connectivity index (χ2v) is 9.30. The zero-order valence-corrected chi connectivity index (χ0v) is 25.1. The number of nitrogens with zero attached hydrogens (tertiary/aromatic N) is 4. The van der Waals surface area contributed by atoms with Gasteiger partial charge in [-0.25, -0.2) is 29.5 Å². The predicted molar refractivity (Wildman–Crippen MR) is 155 cm³/mol. The maximum absolute atomic E-state index is 12.0. The van der Waals surface area contributed by atoms with Gasteiger partial charge in [-0.3, -0.25) is 0 Å². The first kappa shape index (κ1) is 33.8. The lowest BCUT2D eigenvalue weighted by Crippen LogP contribution is -2.12. The van der Waals surface area contributed by atoms with Gasteiger partial charge in [0.1, 0.15) is 28.9 Å². The van der Waals surface area contributed by atoms with Gasteiger partial charge in [-0.05, 0) is 56.9 Å². The third-order valence-electron chi connectivity index (χ3n) is 4.87. The van der Waals surface area contributed by atoms with E-state index >= 15 is 0 Å². The Morgan fingerprint density at radius 3 is 1.95 bits per heavy atom. The van der Waals surface area contributed by atoms with Gasteiger partial charge in [0.05, 0.1) is 13.2 Å². The van der Waals surface area contributed by atoms with Crippen molar-refractivity contribution in [2.45, 2.75) is 44.6 Å². The number of ether oxygens (including phenoxy) is 2. The molecule has 0 bridgehead atoms. The molecule has 0 radical (unpaired) electrons. The van der Waals surface area contributed by atoms with Crippen molar-refractivity contribution >= 4 is 59.7 Å². The number of aromatic nitrogens is 4. The van der Waals surface area contributed by atoms with Crippen molar-refractivity contribution in [3.05, 3.63) is 63.6 Å². The van der Waals surface area contributed by atoms with E-state index in [1.54, 1.807) is 13.8 Å². The van der Waals surface area contributed by atoms with Gasteiger partial charge < -0.3 is 19.6 Å². The molecule has 39 heavy (non-hydrogen) atoms. The minimum Gasteiger partial charge on any atom is -0.462 e. The summed E-state index contributed by atoms with van der Waals surface area (Å²) in [5.74, 6) is -0.408.